The van der Waals surface area contributed by atoms with Gasteiger partial charge in [-0.3, -0.25) is 4.99 Å². The van der Waals surface area contributed by atoms with E-state index in [-0.39, 0.29) is 0 Å². The van der Waals surface area contributed by atoms with Crippen LogP contribution in [0.5, 0.6) is 0 Å². The van der Waals surface area contributed by atoms with Crippen LogP contribution in [0.3, 0.4) is 0 Å². The number of hydrogen-bond donors (Lipinski definition) is 0. The van der Waals surface area contributed by atoms with Gasteiger partial charge in [-0.15, -0.1) is 0 Å². The van der Waals surface area contributed by atoms with E-state index in [1.165, 1.54) is 25.1 Å². The van der Waals surface area contributed by atoms with Gasteiger partial charge < -0.3 is 4.90 Å². The predicted octanol–water partition coefficient (Wildman–Crippen LogP) is 2.37. The summed E-state index contributed by atoms with van der Waals surface area (Å²) in [5.74, 6) is 0. The van der Waals surface area contributed by atoms with Crippen molar-refractivity contribution < 1.29 is 0 Å². The van der Waals surface area contributed by atoms with E-state index in [9.17, 15) is 0 Å². The summed E-state index contributed by atoms with van der Waals surface area (Å²) in [7, 11) is 0. The summed E-state index contributed by atoms with van der Waals surface area (Å²) < 4.78 is 0. The number of fused-ring (bicyclic) bond motifs is 3. The van der Waals surface area contributed by atoms with Gasteiger partial charge in [-0.2, -0.15) is 0 Å². The van der Waals surface area contributed by atoms with Crippen LogP contribution in [0.4, 0.5) is 11.4 Å². The molecule has 0 bridgehead atoms. The monoisotopic (exact) mass is 172 g/mol. The third-order valence-corrected chi connectivity index (χ3v) is 2.88. The first-order valence-electron chi connectivity index (χ1n) is 4.85. The van der Waals surface area contributed by atoms with Crippen molar-refractivity contribution in [2.24, 2.45) is 4.99 Å². The van der Waals surface area contributed by atoms with E-state index in [2.05, 4.69) is 34.3 Å². The Kier molecular flexibility index (Phi) is 1.42. The average Bonchev–Trinajstić information content (AvgIpc) is 2.65. The van der Waals surface area contributed by atoms with Gasteiger partial charge in [-0.25, -0.2) is 0 Å². The number of anilines is 1. The zero-order chi connectivity index (χ0) is 8.67. The topological polar surface area (TPSA) is 15.6 Å². The summed E-state index contributed by atoms with van der Waals surface area (Å²) in [6.45, 7) is 1.19. The second-order valence-corrected chi connectivity index (χ2v) is 3.67. The van der Waals surface area contributed by atoms with Gasteiger partial charge in [-0.1, -0.05) is 12.1 Å². The predicted molar refractivity (Wildman–Crippen MR) is 55.0 cm³/mol. The molecule has 3 rings (SSSR count). The molecule has 1 aromatic rings. The van der Waals surface area contributed by atoms with Gasteiger partial charge in [0.1, 0.15) is 0 Å². The minimum atomic E-state index is 0.565. The molecule has 1 unspecified atom stereocenters. The fourth-order valence-corrected chi connectivity index (χ4v) is 2.23. The third-order valence-electron chi connectivity index (χ3n) is 2.88. The van der Waals surface area contributed by atoms with Gasteiger partial charge in [0.25, 0.3) is 0 Å². The molecule has 0 radical (unpaired) electrons. The molecule has 0 aromatic heterocycles. The Balaban J connectivity index is 2.13. The Hall–Kier alpha value is -1.31. The number of benzene rings is 1. The van der Waals surface area contributed by atoms with Crippen LogP contribution in [0.1, 0.15) is 12.8 Å². The molecule has 2 aliphatic rings. The maximum atomic E-state index is 4.47. The quantitative estimate of drug-likeness (QED) is 0.586. The summed E-state index contributed by atoms with van der Waals surface area (Å²) >= 11 is 0. The first kappa shape index (κ1) is 7.13. The van der Waals surface area contributed by atoms with E-state index in [4.69, 9.17) is 0 Å². The number of aliphatic imine (C=N–C) groups is 1. The van der Waals surface area contributed by atoms with Crippen molar-refractivity contribution in [1.29, 1.82) is 0 Å². The van der Waals surface area contributed by atoms with Crippen LogP contribution in [-0.4, -0.2) is 18.8 Å². The highest BCUT2D eigenvalue weighted by atomic mass is 15.2. The molecular weight excluding hydrogens is 160 g/mol. The zero-order valence-electron chi connectivity index (χ0n) is 7.48. The van der Waals surface area contributed by atoms with E-state index >= 15 is 0 Å². The first-order valence-corrected chi connectivity index (χ1v) is 4.85. The molecule has 2 heteroatoms. The third kappa shape index (κ3) is 0.981. The van der Waals surface area contributed by atoms with Crippen molar-refractivity contribution in [2.75, 3.05) is 11.4 Å². The molecule has 1 saturated heterocycles. The smallest absolute Gasteiger partial charge is 0.0860 e. The van der Waals surface area contributed by atoms with E-state index in [0.717, 1.165) is 5.69 Å². The van der Waals surface area contributed by atoms with E-state index < -0.39 is 0 Å². The fourth-order valence-electron chi connectivity index (χ4n) is 2.23. The summed E-state index contributed by atoms with van der Waals surface area (Å²) in [6.07, 6.45) is 4.65. The van der Waals surface area contributed by atoms with Crippen LogP contribution in [0.25, 0.3) is 0 Å². The second-order valence-electron chi connectivity index (χ2n) is 3.67. The highest BCUT2D eigenvalue weighted by Crippen LogP contribution is 2.36. The molecule has 0 spiro atoms. The van der Waals surface area contributed by atoms with E-state index in [0.29, 0.717) is 6.04 Å². The fraction of sp³-hybridized carbons (Fsp3) is 0.364. The zero-order valence-corrected chi connectivity index (χ0v) is 7.48. The Bertz CT molecular complexity index is 357. The molecule has 0 N–H and O–H groups in total. The number of rotatable bonds is 0. The average molecular weight is 172 g/mol. The maximum absolute atomic E-state index is 4.47. The lowest BCUT2D eigenvalue weighted by Crippen LogP contribution is -2.32. The number of para-hydroxylation sites is 2. The molecule has 2 nitrogen and oxygen atoms in total. The number of hydrogen-bond acceptors (Lipinski definition) is 2. The van der Waals surface area contributed by atoms with Crippen LogP contribution >= 0.6 is 0 Å². The van der Waals surface area contributed by atoms with Crippen LogP contribution in [0.15, 0.2) is 29.3 Å². The van der Waals surface area contributed by atoms with Crippen molar-refractivity contribution in [2.45, 2.75) is 18.9 Å². The molecule has 2 heterocycles. The van der Waals surface area contributed by atoms with E-state index in [1.807, 2.05) is 6.07 Å². The Morgan fingerprint density at radius 3 is 3.23 bits per heavy atom. The minimum Gasteiger partial charge on any atom is -0.362 e. The number of nitrogens with zero attached hydrogens (tertiary/aromatic N) is 2. The first-order chi connectivity index (χ1) is 6.45. The maximum Gasteiger partial charge on any atom is 0.0860 e. The van der Waals surface area contributed by atoms with Gasteiger partial charge in [0.2, 0.25) is 0 Å². The van der Waals surface area contributed by atoms with Crippen LogP contribution in [-0.2, 0) is 0 Å². The normalized spacial score (nSPS) is 24.3. The van der Waals surface area contributed by atoms with Crippen LogP contribution < -0.4 is 4.90 Å². The molecule has 1 aromatic carbocycles. The highest BCUT2D eigenvalue weighted by molar-refractivity contribution is 5.84. The van der Waals surface area contributed by atoms with Crippen LogP contribution in [0, 0.1) is 0 Å². The van der Waals surface area contributed by atoms with Crippen molar-refractivity contribution >= 4 is 17.6 Å². The summed E-state index contributed by atoms with van der Waals surface area (Å²) in [5.41, 5.74) is 2.44. The van der Waals surface area contributed by atoms with Crippen molar-refractivity contribution in [3.05, 3.63) is 24.3 Å². The van der Waals surface area contributed by atoms with Gasteiger partial charge in [0.15, 0.2) is 0 Å². The van der Waals surface area contributed by atoms with Crippen molar-refractivity contribution in [3.63, 3.8) is 0 Å². The standard InChI is InChI=1S/C11H12N2/c1-2-6-11-10(5-1)12-8-9-4-3-7-13(9)11/h1-2,5-6,8-9H,3-4,7H2. The molecule has 0 aliphatic carbocycles. The Morgan fingerprint density at radius 2 is 2.23 bits per heavy atom. The Labute approximate surface area is 77.9 Å². The Morgan fingerprint density at radius 1 is 1.31 bits per heavy atom. The minimum absolute atomic E-state index is 0.565. The molecule has 1 fully saturated rings. The largest absolute Gasteiger partial charge is 0.362 e. The van der Waals surface area contributed by atoms with Crippen molar-refractivity contribution in [1.82, 2.24) is 0 Å². The summed E-state index contributed by atoms with van der Waals surface area (Å²) in [5, 5.41) is 0. The van der Waals surface area contributed by atoms with Gasteiger partial charge >= 0.3 is 0 Å². The molecule has 1 atom stereocenters. The lowest BCUT2D eigenvalue weighted by Gasteiger charge is -2.28. The molecule has 0 amide bonds. The molecule has 66 valence electrons. The van der Waals surface area contributed by atoms with Gasteiger partial charge in [0.05, 0.1) is 17.4 Å². The van der Waals surface area contributed by atoms with Crippen molar-refractivity contribution in [3.8, 4) is 0 Å². The summed E-state index contributed by atoms with van der Waals surface area (Å²) in [6, 6.07) is 8.96. The SMILES string of the molecule is C1=Nc2ccccc2N2CCCC12. The molecule has 13 heavy (non-hydrogen) atoms. The molecular formula is C11H12N2. The molecule has 0 saturated carbocycles. The lowest BCUT2D eigenvalue weighted by atomic mass is 10.1. The van der Waals surface area contributed by atoms with Gasteiger partial charge in [0, 0.05) is 12.8 Å². The lowest BCUT2D eigenvalue weighted by molar-refractivity contribution is 0.849. The van der Waals surface area contributed by atoms with E-state index in [1.54, 1.807) is 0 Å². The molecule has 2 aliphatic heterocycles. The van der Waals surface area contributed by atoms with Crippen LogP contribution in [0.2, 0.25) is 0 Å². The second kappa shape index (κ2) is 2.59. The van der Waals surface area contributed by atoms with Gasteiger partial charge in [-0.05, 0) is 25.0 Å². The summed E-state index contributed by atoms with van der Waals surface area (Å²) in [4.78, 5) is 6.93. The highest BCUT2D eigenvalue weighted by Gasteiger charge is 2.27.